The molecule has 1 aromatic heterocycles. The maximum absolute atomic E-state index is 12.2. The third-order valence-electron chi connectivity index (χ3n) is 3.14. The second-order valence-electron chi connectivity index (χ2n) is 4.62. The summed E-state index contributed by atoms with van der Waals surface area (Å²) in [7, 11) is -3.41. The summed E-state index contributed by atoms with van der Waals surface area (Å²) in [5, 5.41) is 2.22. The van der Waals surface area contributed by atoms with E-state index in [4.69, 9.17) is 0 Å². The van der Waals surface area contributed by atoms with E-state index in [-0.39, 0.29) is 0 Å². The molecule has 3 nitrogen and oxygen atoms in total. The van der Waals surface area contributed by atoms with Crippen molar-refractivity contribution < 1.29 is 8.42 Å². The monoisotopic (exact) mass is 295 g/mol. The molecule has 3 rings (SSSR count). The van der Waals surface area contributed by atoms with E-state index >= 15 is 0 Å². The van der Waals surface area contributed by atoms with Gasteiger partial charge in [-0.05, 0) is 42.0 Å². The molecule has 4 heteroatoms. The second-order valence-corrected chi connectivity index (χ2v) is 6.45. The maximum atomic E-state index is 12.2. The Hall–Kier alpha value is -2.46. The normalized spacial score (nSPS) is 12.0. The first-order chi connectivity index (χ1) is 10.1. The summed E-state index contributed by atoms with van der Waals surface area (Å²) in [6.45, 7) is 0. The molecular formula is C17H13NO2S. The fourth-order valence-corrected chi connectivity index (χ4v) is 3.08. The van der Waals surface area contributed by atoms with Crippen molar-refractivity contribution >= 4 is 26.8 Å². The van der Waals surface area contributed by atoms with Crippen molar-refractivity contribution in [1.29, 1.82) is 0 Å². The Morgan fingerprint density at radius 3 is 2.52 bits per heavy atom. The highest BCUT2D eigenvalue weighted by Gasteiger charge is 2.08. The zero-order chi connectivity index (χ0) is 14.7. The molecule has 0 aliphatic rings. The smallest absolute Gasteiger partial charge is 0.199 e. The number of hydrogen-bond acceptors (Lipinski definition) is 3. The van der Waals surface area contributed by atoms with Crippen LogP contribution < -0.4 is 0 Å². The number of fused-ring (bicyclic) bond motifs is 1. The summed E-state index contributed by atoms with van der Waals surface area (Å²) >= 11 is 0. The largest absolute Gasteiger partial charge is 0.256 e. The first kappa shape index (κ1) is 13.5. The first-order valence-electron chi connectivity index (χ1n) is 6.48. The third-order valence-corrected chi connectivity index (χ3v) is 4.56. The van der Waals surface area contributed by atoms with Crippen LogP contribution in [0.4, 0.5) is 0 Å². The molecule has 0 atom stereocenters. The van der Waals surface area contributed by atoms with Gasteiger partial charge >= 0.3 is 0 Å². The molecule has 2 aromatic carbocycles. The number of sulfone groups is 1. The molecule has 1 heterocycles. The van der Waals surface area contributed by atoms with E-state index in [0.717, 1.165) is 16.5 Å². The minimum atomic E-state index is -3.41. The summed E-state index contributed by atoms with van der Waals surface area (Å²) in [5.41, 5.74) is 1.72. The molecule has 0 saturated carbocycles. The Balaban J connectivity index is 1.94. The summed E-state index contributed by atoms with van der Waals surface area (Å²) in [6, 6.07) is 17.8. The highest BCUT2D eigenvalue weighted by molar-refractivity contribution is 7.94. The van der Waals surface area contributed by atoms with Gasteiger partial charge in [0.25, 0.3) is 0 Å². The Bertz CT molecular complexity index is 900. The zero-order valence-corrected chi connectivity index (χ0v) is 12.0. The van der Waals surface area contributed by atoms with Crippen LogP contribution in [-0.4, -0.2) is 13.4 Å². The highest BCUT2D eigenvalue weighted by Crippen LogP contribution is 2.17. The molecule has 0 fully saturated rings. The van der Waals surface area contributed by atoms with Crippen LogP contribution in [0.2, 0.25) is 0 Å². The molecule has 0 unspecified atom stereocenters. The molecule has 0 saturated heterocycles. The van der Waals surface area contributed by atoms with Crippen LogP contribution in [0.5, 0.6) is 0 Å². The van der Waals surface area contributed by atoms with Crippen molar-refractivity contribution in [3.05, 3.63) is 77.8 Å². The van der Waals surface area contributed by atoms with Gasteiger partial charge in [0.2, 0.25) is 0 Å². The van der Waals surface area contributed by atoms with Crippen LogP contribution in [0, 0.1) is 0 Å². The van der Waals surface area contributed by atoms with Crippen molar-refractivity contribution in [2.24, 2.45) is 0 Å². The third kappa shape index (κ3) is 3.01. The van der Waals surface area contributed by atoms with Crippen molar-refractivity contribution in [2.45, 2.75) is 4.90 Å². The average molecular weight is 295 g/mol. The van der Waals surface area contributed by atoms with E-state index in [1.165, 1.54) is 5.41 Å². The Morgan fingerprint density at radius 1 is 0.905 bits per heavy atom. The van der Waals surface area contributed by atoms with Crippen LogP contribution in [-0.2, 0) is 9.84 Å². The summed E-state index contributed by atoms with van der Waals surface area (Å²) in [4.78, 5) is 4.53. The van der Waals surface area contributed by atoms with Crippen LogP contribution >= 0.6 is 0 Å². The SMILES string of the molecule is O=S(=O)(C=Cc1ccc2ncccc2c1)c1ccccc1. The molecule has 0 aliphatic heterocycles. The van der Waals surface area contributed by atoms with Gasteiger partial charge in [-0.3, -0.25) is 4.98 Å². The Kier molecular flexibility index (Phi) is 3.54. The standard InChI is InChI=1S/C17H13NO2S/c19-21(20,16-6-2-1-3-7-16)12-10-14-8-9-17-15(13-14)5-4-11-18-17/h1-13H. The van der Waals surface area contributed by atoms with Gasteiger partial charge in [-0.1, -0.05) is 30.3 Å². The van der Waals surface area contributed by atoms with Crippen LogP contribution in [0.1, 0.15) is 5.56 Å². The molecule has 0 aliphatic carbocycles. The van der Waals surface area contributed by atoms with Gasteiger partial charge in [-0.25, -0.2) is 8.42 Å². The fraction of sp³-hybridized carbons (Fsp3) is 0. The highest BCUT2D eigenvalue weighted by atomic mass is 32.2. The quantitative estimate of drug-likeness (QED) is 0.740. The molecule has 0 N–H and O–H groups in total. The lowest BCUT2D eigenvalue weighted by molar-refractivity contribution is 0.605. The van der Waals surface area contributed by atoms with E-state index in [0.29, 0.717) is 4.90 Å². The van der Waals surface area contributed by atoms with Crippen LogP contribution in [0.3, 0.4) is 0 Å². The Labute approximate surface area is 123 Å². The number of hydrogen-bond donors (Lipinski definition) is 0. The maximum Gasteiger partial charge on any atom is 0.199 e. The van der Waals surface area contributed by atoms with E-state index in [2.05, 4.69) is 4.98 Å². The first-order valence-corrected chi connectivity index (χ1v) is 8.03. The fourth-order valence-electron chi connectivity index (χ4n) is 2.05. The Morgan fingerprint density at radius 2 is 1.71 bits per heavy atom. The number of aromatic nitrogens is 1. The molecule has 0 spiro atoms. The predicted octanol–water partition coefficient (Wildman–Crippen LogP) is 3.68. The van der Waals surface area contributed by atoms with Crippen LogP contribution in [0.15, 0.2) is 77.2 Å². The van der Waals surface area contributed by atoms with E-state index in [9.17, 15) is 8.42 Å². The molecule has 21 heavy (non-hydrogen) atoms. The minimum absolute atomic E-state index is 0.295. The topological polar surface area (TPSA) is 47.0 Å². The number of pyridine rings is 1. The van der Waals surface area contributed by atoms with Gasteiger partial charge in [0, 0.05) is 17.0 Å². The van der Waals surface area contributed by atoms with Gasteiger partial charge in [-0.15, -0.1) is 0 Å². The molecular weight excluding hydrogens is 282 g/mol. The lowest BCUT2D eigenvalue weighted by Gasteiger charge is -2.00. The van der Waals surface area contributed by atoms with E-state index < -0.39 is 9.84 Å². The molecule has 0 radical (unpaired) electrons. The van der Waals surface area contributed by atoms with Crippen LogP contribution in [0.25, 0.3) is 17.0 Å². The van der Waals surface area contributed by atoms with E-state index in [1.54, 1.807) is 42.6 Å². The number of nitrogens with zero attached hydrogens (tertiary/aromatic N) is 1. The predicted molar refractivity (Wildman–Crippen MR) is 84.4 cm³/mol. The molecule has 0 amide bonds. The van der Waals surface area contributed by atoms with Crippen molar-refractivity contribution in [3.63, 3.8) is 0 Å². The van der Waals surface area contributed by atoms with Crippen molar-refractivity contribution in [1.82, 2.24) is 4.98 Å². The molecule has 0 bridgehead atoms. The molecule has 3 aromatic rings. The molecule has 104 valence electrons. The summed E-state index contributed by atoms with van der Waals surface area (Å²) in [5.74, 6) is 0. The number of benzene rings is 2. The number of rotatable bonds is 3. The average Bonchev–Trinajstić information content (AvgIpc) is 2.54. The summed E-state index contributed by atoms with van der Waals surface area (Å²) < 4.78 is 24.3. The second kappa shape index (κ2) is 5.50. The van der Waals surface area contributed by atoms with Gasteiger partial charge in [0.15, 0.2) is 9.84 Å². The van der Waals surface area contributed by atoms with Gasteiger partial charge in [0.05, 0.1) is 10.4 Å². The van der Waals surface area contributed by atoms with Crippen molar-refractivity contribution in [3.8, 4) is 0 Å². The minimum Gasteiger partial charge on any atom is -0.256 e. The van der Waals surface area contributed by atoms with Gasteiger partial charge in [-0.2, -0.15) is 0 Å². The zero-order valence-electron chi connectivity index (χ0n) is 11.2. The van der Waals surface area contributed by atoms with E-state index in [1.807, 2.05) is 30.3 Å². The summed E-state index contributed by atoms with van der Waals surface area (Å²) in [6.07, 6.45) is 3.34. The van der Waals surface area contributed by atoms with Gasteiger partial charge < -0.3 is 0 Å². The van der Waals surface area contributed by atoms with Crippen molar-refractivity contribution in [2.75, 3.05) is 0 Å². The lowest BCUT2D eigenvalue weighted by atomic mass is 10.1. The lowest BCUT2D eigenvalue weighted by Crippen LogP contribution is -1.95. The van der Waals surface area contributed by atoms with Gasteiger partial charge in [0.1, 0.15) is 0 Å².